The molecule has 0 spiro atoms. The van der Waals surface area contributed by atoms with Gasteiger partial charge < -0.3 is 25.8 Å². The maximum absolute atomic E-state index is 10.4. The zero-order chi connectivity index (χ0) is 22.2. The van der Waals surface area contributed by atoms with Gasteiger partial charge in [-0.15, -0.1) is 0 Å². The van der Waals surface area contributed by atoms with Crippen molar-refractivity contribution in [2.24, 2.45) is 0 Å². The van der Waals surface area contributed by atoms with Crippen LogP contribution in [0.5, 0.6) is 0 Å². The van der Waals surface area contributed by atoms with Crippen LogP contribution in [0, 0.1) is 0 Å². The summed E-state index contributed by atoms with van der Waals surface area (Å²) in [6.07, 6.45) is 1.39. The van der Waals surface area contributed by atoms with Gasteiger partial charge in [0.25, 0.3) is 0 Å². The van der Waals surface area contributed by atoms with E-state index in [0.717, 1.165) is 6.42 Å². The number of nitrogens with two attached hydrogens (primary N) is 1. The van der Waals surface area contributed by atoms with Crippen molar-refractivity contribution < 1.29 is 20.1 Å². The van der Waals surface area contributed by atoms with Crippen molar-refractivity contribution >= 4 is 17.0 Å². The largest absolute Gasteiger partial charge is 0.394 e. The third-order valence-electron chi connectivity index (χ3n) is 5.60. The fraction of sp³-hybridized carbons (Fsp3) is 0.333. The molecule has 4 heterocycles. The third kappa shape index (κ3) is 3.60. The number of hydrogen-bond acceptors (Lipinski definition) is 9. The number of rotatable bonds is 6. The highest BCUT2D eigenvalue weighted by Crippen LogP contribution is 2.32. The van der Waals surface area contributed by atoms with Crippen LogP contribution in [-0.4, -0.2) is 69.5 Å². The summed E-state index contributed by atoms with van der Waals surface area (Å²) in [5, 5.41) is 34.2. The van der Waals surface area contributed by atoms with Crippen LogP contribution < -0.4 is 5.73 Å². The summed E-state index contributed by atoms with van der Waals surface area (Å²) in [6.45, 7) is 0.272. The topological polar surface area (TPSA) is 157 Å². The SMILES string of the molecule is Nc1nc(-c2cnn(CCc3ccccc3)c2)nc2c1ncn2C1O[C@H](CO)C(O)[C@H]1O. The van der Waals surface area contributed by atoms with Crippen molar-refractivity contribution in [3.05, 3.63) is 54.6 Å². The molecule has 1 aliphatic rings. The molecule has 3 aromatic heterocycles. The van der Waals surface area contributed by atoms with E-state index < -0.39 is 31.1 Å². The minimum atomic E-state index is -1.26. The maximum Gasteiger partial charge on any atom is 0.168 e. The Bertz CT molecular complexity index is 1230. The average molecular weight is 437 g/mol. The number of aliphatic hydroxyl groups is 3. The highest BCUT2D eigenvalue weighted by molar-refractivity contribution is 5.83. The summed E-state index contributed by atoms with van der Waals surface area (Å²) in [5.74, 6) is 0.530. The smallest absolute Gasteiger partial charge is 0.168 e. The zero-order valence-electron chi connectivity index (χ0n) is 17.1. The van der Waals surface area contributed by atoms with E-state index in [9.17, 15) is 15.3 Å². The van der Waals surface area contributed by atoms with Crippen LogP contribution in [0.3, 0.4) is 0 Å². The molecule has 1 saturated heterocycles. The number of anilines is 1. The summed E-state index contributed by atoms with van der Waals surface area (Å²) in [5.41, 5.74) is 8.71. The molecule has 166 valence electrons. The number of ether oxygens (including phenoxy) is 1. The predicted molar refractivity (Wildman–Crippen MR) is 114 cm³/mol. The molecule has 4 aromatic rings. The van der Waals surface area contributed by atoms with Gasteiger partial charge in [-0.2, -0.15) is 5.10 Å². The lowest BCUT2D eigenvalue weighted by molar-refractivity contribution is -0.0511. The van der Waals surface area contributed by atoms with Gasteiger partial charge >= 0.3 is 0 Å². The van der Waals surface area contributed by atoms with Crippen LogP contribution in [0.4, 0.5) is 5.82 Å². The van der Waals surface area contributed by atoms with Crippen LogP contribution in [0.2, 0.25) is 0 Å². The second-order valence-corrected chi connectivity index (χ2v) is 7.71. The van der Waals surface area contributed by atoms with Gasteiger partial charge in [0.2, 0.25) is 0 Å². The summed E-state index contributed by atoms with van der Waals surface area (Å²) in [6, 6.07) is 10.1. The predicted octanol–water partition coefficient (Wildman–Crippen LogP) is 0.126. The van der Waals surface area contributed by atoms with Crippen molar-refractivity contribution in [3.63, 3.8) is 0 Å². The van der Waals surface area contributed by atoms with Crippen LogP contribution in [0.15, 0.2) is 49.1 Å². The molecule has 4 atom stereocenters. The van der Waals surface area contributed by atoms with Gasteiger partial charge in [0.15, 0.2) is 23.5 Å². The number of aliphatic hydroxyl groups excluding tert-OH is 3. The Kier molecular flexibility index (Phi) is 5.31. The normalized spacial score (nSPS) is 23.2. The van der Waals surface area contributed by atoms with Crippen molar-refractivity contribution in [1.82, 2.24) is 29.3 Å². The van der Waals surface area contributed by atoms with Crippen LogP contribution in [-0.2, 0) is 17.7 Å². The first kappa shape index (κ1) is 20.5. The van der Waals surface area contributed by atoms with Gasteiger partial charge in [-0.25, -0.2) is 15.0 Å². The first-order chi connectivity index (χ1) is 15.5. The second kappa shape index (κ2) is 8.28. The van der Waals surface area contributed by atoms with E-state index in [1.54, 1.807) is 6.20 Å². The number of imidazole rings is 1. The second-order valence-electron chi connectivity index (χ2n) is 7.71. The lowest BCUT2D eigenvalue weighted by Gasteiger charge is -2.16. The Morgan fingerprint density at radius 1 is 1.09 bits per heavy atom. The standard InChI is InChI=1S/C21H23N7O4/c22-18-15-20(28(11-23-15)21-17(31)16(30)14(10-29)32-21)26-19(25-18)13-8-24-27(9-13)7-6-12-4-2-1-3-5-12/h1-5,8-9,11,14,16-17,21,29-31H,6-7,10H2,(H2,22,25,26)/t14-,16?,17-,21?/m1/s1. The molecule has 5 N–H and O–H groups in total. The average Bonchev–Trinajstić information content (AvgIpc) is 3.52. The van der Waals surface area contributed by atoms with Gasteiger partial charge in [-0.1, -0.05) is 30.3 Å². The Morgan fingerprint density at radius 2 is 1.91 bits per heavy atom. The molecule has 0 saturated carbocycles. The number of fused-ring (bicyclic) bond motifs is 1. The van der Waals surface area contributed by atoms with Gasteiger partial charge in [0, 0.05) is 12.7 Å². The summed E-state index contributed by atoms with van der Waals surface area (Å²) < 4.78 is 8.91. The van der Waals surface area contributed by atoms with E-state index in [1.807, 2.05) is 29.1 Å². The summed E-state index contributed by atoms with van der Waals surface area (Å²) in [4.78, 5) is 13.2. The van der Waals surface area contributed by atoms with Crippen molar-refractivity contribution in [2.45, 2.75) is 37.5 Å². The summed E-state index contributed by atoms with van der Waals surface area (Å²) in [7, 11) is 0. The van der Waals surface area contributed by atoms with E-state index in [4.69, 9.17) is 10.5 Å². The molecule has 1 aromatic carbocycles. The van der Waals surface area contributed by atoms with Crippen LogP contribution in [0.25, 0.3) is 22.6 Å². The maximum atomic E-state index is 10.4. The molecule has 0 amide bonds. The minimum absolute atomic E-state index is 0.174. The Hall–Kier alpha value is -3.38. The van der Waals surface area contributed by atoms with Gasteiger partial charge in [0.05, 0.1) is 24.7 Å². The lowest BCUT2D eigenvalue weighted by atomic mass is 10.1. The molecule has 0 aliphatic carbocycles. The first-order valence-corrected chi connectivity index (χ1v) is 10.2. The van der Waals surface area contributed by atoms with E-state index in [0.29, 0.717) is 29.1 Å². The summed E-state index contributed by atoms with van der Waals surface area (Å²) >= 11 is 0. The third-order valence-corrected chi connectivity index (χ3v) is 5.60. The fourth-order valence-corrected chi connectivity index (χ4v) is 3.85. The lowest BCUT2D eigenvalue weighted by Crippen LogP contribution is -2.33. The molecule has 32 heavy (non-hydrogen) atoms. The Morgan fingerprint density at radius 3 is 2.66 bits per heavy atom. The molecule has 1 fully saturated rings. The van der Waals surface area contributed by atoms with E-state index in [2.05, 4.69) is 32.2 Å². The van der Waals surface area contributed by atoms with Gasteiger partial charge in [0.1, 0.15) is 23.8 Å². The highest BCUT2D eigenvalue weighted by atomic mass is 16.6. The molecule has 2 unspecified atom stereocenters. The molecule has 0 bridgehead atoms. The zero-order valence-corrected chi connectivity index (χ0v) is 17.1. The first-order valence-electron chi connectivity index (χ1n) is 10.2. The molecule has 1 aliphatic heterocycles. The highest BCUT2D eigenvalue weighted by Gasteiger charge is 2.44. The van der Waals surface area contributed by atoms with Crippen molar-refractivity contribution in [3.8, 4) is 11.4 Å². The fourth-order valence-electron chi connectivity index (χ4n) is 3.85. The number of aromatic nitrogens is 6. The Labute approximate surface area is 182 Å². The number of hydrogen-bond donors (Lipinski definition) is 4. The molecule has 5 rings (SSSR count). The Balaban J connectivity index is 1.43. The quantitative estimate of drug-likeness (QED) is 0.329. The van der Waals surface area contributed by atoms with Crippen molar-refractivity contribution in [1.29, 1.82) is 0 Å². The van der Waals surface area contributed by atoms with Crippen LogP contribution in [0.1, 0.15) is 11.8 Å². The van der Waals surface area contributed by atoms with E-state index in [-0.39, 0.29) is 5.82 Å². The van der Waals surface area contributed by atoms with Gasteiger partial charge in [-0.3, -0.25) is 9.25 Å². The minimum Gasteiger partial charge on any atom is -0.394 e. The number of aryl methyl sites for hydroxylation is 2. The number of nitrogens with zero attached hydrogens (tertiary/aromatic N) is 6. The number of benzene rings is 1. The van der Waals surface area contributed by atoms with E-state index in [1.165, 1.54) is 16.5 Å². The van der Waals surface area contributed by atoms with Crippen molar-refractivity contribution in [2.75, 3.05) is 12.3 Å². The molecular weight excluding hydrogens is 414 g/mol. The van der Waals surface area contributed by atoms with E-state index >= 15 is 0 Å². The van der Waals surface area contributed by atoms with Gasteiger partial charge in [-0.05, 0) is 12.0 Å². The van der Waals surface area contributed by atoms with Crippen LogP contribution >= 0.6 is 0 Å². The number of nitrogen functional groups attached to an aromatic ring is 1. The molecule has 0 radical (unpaired) electrons. The molecule has 11 heteroatoms. The molecule has 11 nitrogen and oxygen atoms in total. The monoisotopic (exact) mass is 437 g/mol. The molecular formula is C21H23N7O4.